The quantitative estimate of drug-likeness (QED) is 0.917. The Bertz CT molecular complexity index is 573. The second kappa shape index (κ2) is 6.58. The molecule has 1 aromatic heterocycles. The zero-order chi connectivity index (χ0) is 15.3. The summed E-state index contributed by atoms with van der Waals surface area (Å²) in [6.45, 7) is 0. The van der Waals surface area contributed by atoms with Crippen LogP contribution in [0.25, 0.3) is 0 Å². The molecule has 1 unspecified atom stereocenters. The lowest BCUT2D eigenvalue weighted by Gasteiger charge is -2.18. The van der Waals surface area contributed by atoms with E-state index in [0.717, 1.165) is 11.1 Å². The van der Waals surface area contributed by atoms with Crippen LogP contribution in [0, 0.1) is 0 Å². The van der Waals surface area contributed by atoms with Gasteiger partial charge in [-0.25, -0.2) is 0 Å². The summed E-state index contributed by atoms with van der Waals surface area (Å²) in [5.74, 6) is -0.213. The number of hydrogen-bond acceptors (Lipinski definition) is 3. The fourth-order valence-corrected chi connectivity index (χ4v) is 2.07. The smallest absolute Gasteiger partial charge is 0.406 e. The molecule has 0 bridgehead atoms. The average Bonchev–Trinajstić information content (AvgIpc) is 2.44. The van der Waals surface area contributed by atoms with E-state index in [1.54, 1.807) is 31.6 Å². The molecular formula is C15H15F3N2O. The van der Waals surface area contributed by atoms with Crippen LogP contribution in [0.2, 0.25) is 0 Å². The van der Waals surface area contributed by atoms with Crippen molar-refractivity contribution in [3.8, 4) is 5.75 Å². The lowest BCUT2D eigenvalue weighted by Crippen LogP contribution is -2.20. The van der Waals surface area contributed by atoms with Gasteiger partial charge < -0.3 is 10.1 Å². The number of alkyl halides is 3. The van der Waals surface area contributed by atoms with Gasteiger partial charge in [0, 0.05) is 18.4 Å². The summed E-state index contributed by atoms with van der Waals surface area (Å²) in [4.78, 5) is 3.94. The van der Waals surface area contributed by atoms with Gasteiger partial charge in [-0.1, -0.05) is 12.1 Å². The Balaban J connectivity index is 2.16. The zero-order valence-corrected chi connectivity index (χ0v) is 11.4. The molecule has 0 fully saturated rings. The van der Waals surface area contributed by atoms with Crippen molar-refractivity contribution in [3.63, 3.8) is 0 Å². The standard InChI is InChI=1S/C15H15F3N2O/c1-19-14(9-11-5-7-20-8-6-11)12-3-2-4-13(10-12)21-15(16,17)18/h2-8,10,14,19H,9H2,1H3. The summed E-state index contributed by atoms with van der Waals surface area (Å²) >= 11 is 0. The highest BCUT2D eigenvalue weighted by atomic mass is 19.4. The molecule has 112 valence electrons. The van der Waals surface area contributed by atoms with Crippen molar-refractivity contribution in [3.05, 3.63) is 59.9 Å². The van der Waals surface area contributed by atoms with Crippen LogP contribution in [-0.2, 0) is 6.42 Å². The van der Waals surface area contributed by atoms with Crippen molar-refractivity contribution >= 4 is 0 Å². The molecule has 0 aliphatic heterocycles. The minimum atomic E-state index is -4.68. The molecule has 2 aromatic rings. The van der Waals surface area contributed by atoms with E-state index in [9.17, 15) is 13.2 Å². The summed E-state index contributed by atoms with van der Waals surface area (Å²) in [5, 5.41) is 3.10. The van der Waals surface area contributed by atoms with E-state index >= 15 is 0 Å². The largest absolute Gasteiger partial charge is 0.573 e. The number of pyridine rings is 1. The second-order valence-electron chi connectivity index (χ2n) is 4.52. The summed E-state index contributed by atoms with van der Waals surface area (Å²) < 4.78 is 40.7. The molecule has 2 rings (SSSR count). The average molecular weight is 296 g/mol. The number of nitrogens with zero attached hydrogens (tertiary/aromatic N) is 1. The Hall–Kier alpha value is -2.08. The minimum absolute atomic E-state index is 0.107. The van der Waals surface area contributed by atoms with Crippen LogP contribution >= 0.6 is 0 Å². The minimum Gasteiger partial charge on any atom is -0.406 e. The molecule has 0 saturated carbocycles. The molecular weight excluding hydrogens is 281 g/mol. The number of ether oxygens (including phenoxy) is 1. The topological polar surface area (TPSA) is 34.2 Å². The van der Waals surface area contributed by atoms with Gasteiger partial charge in [-0.2, -0.15) is 0 Å². The number of benzene rings is 1. The van der Waals surface area contributed by atoms with Crippen LogP contribution in [0.5, 0.6) is 5.75 Å². The van der Waals surface area contributed by atoms with Crippen LogP contribution in [0.3, 0.4) is 0 Å². The van der Waals surface area contributed by atoms with Crippen molar-refractivity contribution in [2.75, 3.05) is 7.05 Å². The van der Waals surface area contributed by atoms with E-state index in [2.05, 4.69) is 15.0 Å². The van der Waals surface area contributed by atoms with E-state index < -0.39 is 6.36 Å². The van der Waals surface area contributed by atoms with Gasteiger partial charge in [0.2, 0.25) is 0 Å². The van der Waals surface area contributed by atoms with Crippen LogP contribution in [0.1, 0.15) is 17.2 Å². The lowest BCUT2D eigenvalue weighted by atomic mass is 9.99. The second-order valence-corrected chi connectivity index (χ2v) is 4.52. The van der Waals surface area contributed by atoms with Gasteiger partial charge >= 0.3 is 6.36 Å². The van der Waals surface area contributed by atoms with E-state index in [0.29, 0.717) is 6.42 Å². The number of rotatable bonds is 5. The van der Waals surface area contributed by atoms with Crippen LogP contribution < -0.4 is 10.1 Å². The molecule has 1 heterocycles. The summed E-state index contributed by atoms with van der Waals surface area (Å²) in [6.07, 6.45) is -0.663. The highest BCUT2D eigenvalue weighted by molar-refractivity contribution is 5.32. The monoisotopic (exact) mass is 296 g/mol. The molecule has 0 aliphatic carbocycles. The molecule has 0 radical (unpaired) electrons. The Morgan fingerprint density at radius 3 is 2.52 bits per heavy atom. The van der Waals surface area contributed by atoms with Crippen molar-refractivity contribution in [2.45, 2.75) is 18.8 Å². The molecule has 1 atom stereocenters. The van der Waals surface area contributed by atoms with E-state index in [1.807, 2.05) is 12.1 Å². The van der Waals surface area contributed by atoms with Gasteiger partial charge in [-0.15, -0.1) is 13.2 Å². The molecule has 0 spiro atoms. The Morgan fingerprint density at radius 1 is 1.19 bits per heavy atom. The van der Waals surface area contributed by atoms with Gasteiger partial charge in [0.1, 0.15) is 5.75 Å². The number of aromatic nitrogens is 1. The maximum Gasteiger partial charge on any atom is 0.573 e. The molecule has 1 aromatic carbocycles. The van der Waals surface area contributed by atoms with Crippen LogP contribution in [-0.4, -0.2) is 18.4 Å². The Morgan fingerprint density at radius 2 is 1.90 bits per heavy atom. The zero-order valence-electron chi connectivity index (χ0n) is 11.4. The van der Waals surface area contributed by atoms with Crippen molar-refractivity contribution < 1.29 is 17.9 Å². The summed E-state index contributed by atoms with van der Waals surface area (Å²) in [6, 6.07) is 9.65. The van der Waals surface area contributed by atoms with Gasteiger partial charge in [-0.3, -0.25) is 4.98 Å². The number of hydrogen-bond donors (Lipinski definition) is 1. The van der Waals surface area contributed by atoms with Gasteiger partial charge in [-0.05, 0) is 48.9 Å². The van der Waals surface area contributed by atoms with Crippen LogP contribution in [0.15, 0.2) is 48.8 Å². The Kier molecular flexibility index (Phi) is 4.80. The Labute approximate surface area is 120 Å². The van der Waals surface area contributed by atoms with Crippen LogP contribution in [0.4, 0.5) is 13.2 Å². The normalized spacial score (nSPS) is 13.0. The first-order chi connectivity index (χ1) is 9.98. The maximum absolute atomic E-state index is 12.3. The first-order valence-corrected chi connectivity index (χ1v) is 6.40. The molecule has 0 saturated heterocycles. The summed E-state index contributed by atoms with van der Waals surface area (Å²) in [5.41, 5.74) is 1.78. The highest BCUT2D eigenvalue weighted by Crippen LogP contribution is 2.26. The third-order valence-corrected chi connectivity index (χ3v) is 3.03. The molecule has 1 N–H and O–H groups in total. The lowest BCUT2D eigenvalue weighted by molar-refractivity contribution is -0.274. The summed E-state index contributed by atoms with van der Waals surface area (Å²) in [7, 11) is 1.77. The van der Waals surface area contributed by atoms with Crippen molar-refractivity contribution in [2.24, 2.45) is 0 Å². The number of nitrogens with one attached hydrogen (secondary N) is 1. The van der Waals surface area contributed by atoms with Gasteiger partial charge in [0.25, 0.3) is 0 Å². The molecule has 0 aliphatic rings. The van der Waals surface area contributed by atoms with Crippen molar-refractivity contribution in [1.29, 1.82) is 0 Å². The SMILES string of the molecule is CNC(Cc1ccncc1)c1cccc(OC(F)(F)F)c1. The predicted octanol–water partition coefficient (Wildman–Crippen LogP) is 3.48. The third-order valence-electron chi connectivity index (χ3n) is 3.03. The van der Waals surface area contributed by atoms with Crippen molar-refractivity contribution in [1.82, 2.24) is 10.3 Å². The van der Waals surface area contributed by atoms with Gasteiger partial charge in [0.15, 0.2) is 0 Å². The molecule has 3 nitrogen and oxygen atoms in total. The van der Waals surface area contributed by atoms with Gasteiger partial charge in [0.05, 0.1) is 0 Å². The molecule has 0 amide bonds. The number of likely N-dealkylation sites (N-methyl/N-ethyl adjacent to an activating group) is 1. The first kappa shape index (κ1) is 15.3. The fraction of sp³-hybridized carbons (Fsp3) is 0.267. The van der Waals surface area contributed by atoms with E-state index in [4.69, 9.17) is 0 Å². The predicted molar refractivity (Wildman–Crippen MR) is 72.9 cm³/mol. The molecule has 6 heteroatoms. The maximum atomic E-state index is 12.3. The van der Waals surface area contributed by atoms with E-state index in [1.165, 1.54) is 12.1 Å². The third kappa shape index (κ3) is 4.75. The number of halogens is 3. The fourth-order valence-electron chi connectivity index (χ4n) is 2.07. The highest BCUT2D eigenvalue weighted by Gasteiger charge is 2.31. The van der Waals surface area contributed by atoms with E-state index in [-0.39, 0.29) is 11.8 Å². The first-order valence-electron chi connectivity index (χ1n) is 6.40. The molecule has 21 heavy (non-hydrogen) atoms.